The Labute approximate surface area is 70.4 Å². The lowest BCUT2D eigenvalue weighted by atomic mass is 10.2. The lowest BCUT2D eigenvalue weighted by Gasteiger charge is -1.98. The third kappa shape index (κ3) is 2.27. The lowest BCUT2D eigenvalue weighted by Crippen LogP contribution is -1.84. The van der Waals surface area contributed by atoms with Gasteiger partial charge in [-0.15, -0.1) is 0 Å². The van der Waals surface area contributed by atoms with Gasteiger partial charge in [0.15, 0.2) is 0 Å². The highest BCUT2D eigenvalue weighted by Gasteiger charge is 1.90. The largest absolute Gasteiger partial charge is 0.380 e. The van der Waals surface area contributed by atoms with Crippen molar-refractivity contribution in [3.05, 3.63) is 40.3 Å². The molecule has 62 valence electrons. The Kier molecular flexibility index (Phi) is 3.14. The van der Waals surface area contributed by atoms with Gasteiger partial charge in [-0.3, -0.25) is 0 Å². The normalized spacial score (nSPS) is 9.08. The van der Waals surface area contributed by atoms with Gasteiger partial charge in [-0.05, 0) is 11.1 Å². The molecule has 12 heavy (non-hydrogen) atoms. The smallest absolute Gasteiger partial charge is 0.0713 e. The molecule has 4 heteroatoms. The average molecular weight is 163 g/mol. The van der Waals surface area contributed by atoms with Crippen LogP contribution >= 0.6 is 0 Å². The number of hydrogen-bond acceptors (Lipinski definition) is 2. The minimum Gasteiger partial charge on any atom is -0.380 e. The zero-order valence-electron chi connectivity index (χ0n) is 6.77. The van der Waals surface area contributed by atoms with Crippen LogP contribution in [0.3, 0.4) is 0 Å². The first-order chi connectivity index (χ1) is 5.86. The Balaban J connectivity index is 2.77. The maximum Gasteiger partial charge on any atom is 0.0713 e. The molecule has 4 nitrogen and oxygen atoms in total. The topological polar surface area (TPSA) is 58.0 Å². The summed E-state index contributed by atoms with van der Waals surface area (Å²) in [6, 6.07) is 7.25. The van der Waals surface area contributed by atoms with E-state index >= 15 is 0 Å². The van der Waals surface area contributed by atoms with Crippen LogP contribution in [0.2, 0.25) is 0 Å². The van der Waals surface area contributed by atoms with Crippen LogP contribution in [0.5, 0.6) is 0 Å². The molecule has 0 radical (unpaired) electrons. The maximum atomic E-state index is 8.13. The molecule has 0 amide bonds. The summed E-state index contributed by atoms with van der Waals surface area (Å²) in [5.41, 5.74) is 9.81. The fourth-order valence-electron chi connectivity index (χ4n) is 0.877. The Bertz CT molecular complexity index is 288. The molecule has 0 aliphatic heterocycles. The van der Waals surface area contributed by atoms with Gasteiger partial charge < -0.3 is 4.74 Å². The Morgan fingerprint density at radius 3 is 2.58 bits per heavy atom. The van der Waals surface area contributed by atoms with E-state index in [0.717, 1.165) is 5.56 Å². The number of rotatable bonds is 3. The van der Waals surface area contributed by atoms with Gasteiger partial charge in [-0.2, -0.15) is 0 Å². The molecule has 0 unspecified atom stereocenters. The van der Waals surface area contributed by atoms with Crippen molar-refractivity contribution in [3.63, 3.8) is 0 Å². The zero-order valence-corrected chi connectivity index (χ0v) is 6.77. The molecule has 0 aliphatic rings. The second-order valence-electron chi connectivity index (χ2n) is 2.29. The molecule has 0 fully saturated rings. The molecule has 0 bridgehead atoms. The van der Waals surface area contributed by atoms with Crippen LogP contribution in [0.1, 0.15) is 5.56 Å². The number of hydrogen-bond donors (Lipinski definition) is 0. The van der Waals surface area contributed by atoms with E-state index < -0.39 is 0 Å². The van der Waals surface area contributed by atoms with Gasteiger partial charge in [-0.1, -0.05) is 29.4 Å². The van der Waals surface area contributed by atoms with E-state index in [1.54, 1.807) is 19.2 Å². The van der Waals surface area contributed by atoms with Crippen molar-refractivity contribution in [2.24, 2.45) is 5.11 Å². The van der Waals surface area contributed by atoms with Gasteiger partial charge in [0, 0.05) is 17.7 Å². The van der Waals surface area contributed by atoms with Crippen LogP contribution in [0.15, 0.2) is 29.4 Å². The Morgan fingerprint density at radius 1 is 1.42 bits per heavy atom. The molecule has 1 aromatic rings. The fraction of sp³-hybridized carbons (Fsp3) is 0.250. The van der Waals surface area contributed by atoms with E-state index in [2.05, 4.69) is 10.0 Å². The predicted molar refractivity (Wildman–Crippen MR) is 46.0 cm³/mol. The summed E-state index contributed by atoms with van der Waals surface area (Å²) in [4.78, 5) is 2.68. The monoisotopic (exact) mass is 163 g/mol. The molecule has 0 atom stereocenters. The van der Waals surface area contributed by atoms with Crippen molar-refractivity contribution >= 4 is 5.69 Å². The van der Waals surface area contributed by atoms with E-state index in [1.807, 2.05) is 12.1 Å². The highest BCUT2D eigenvalue weighted by atomic mass is 16.5. The van der Waals surface area contributed by atoms with Crippen molar-refractivity contribution in [2.75, 3.05) is 7.11 Å². The number of azide groups is 1. The van der Waals surface area contributed by atoms with E-state index in [4.69, 9.17) is 10.3 Å². The summed E-state index contributed by atoms with van der Waals surface area (Å²) in [6.45, 7) is 0.580. The van der Waals surface area contributed by atoms with Gasteiger partial charge in [0.2, 0.25) is 0 Å². The third-order valence-electron chi connectivity index (χ3n) is 1.41. The van der Waals surface area contributed by atoms with E-state index in [-0.39, 0.29) is 0 Å². The van der Waals surface area contributed by atoms with Crippen LogP contribution in [0, 0.1) is 0 Å². The second kappa shape index (κ2) is 4.38. The van der Waals surface area contributed by atoms with Crippen LogP contribution < -0.4 is 0 Å². The number of benzene rings is 1. The SMILES string of the molecule is COCc1ccc(N=[N+]=[N-])cc1. The molecule has 0 saturated heterocycles. The first-order valence-corrected chi connectivity index (χ1v) is 3.50. The van der Waals surface area contributed by atoms with Gasteiger partial charge in [0.05, 0.1) is 6.61 Å². The molecule has 0 aliphatic carbocycles. The minimum absolute atomic E-state index is 0.580. The number of methoxy groups -OCH3 is 1. The van der Waals surface area contributed by atoms with E-state index in [0.29, 0.717) is 12.3 Å². The van der Waals surface area contributed by atoms with Gasteiger partial charge in [-0.25, -0.2) is 0 Å². The maximum absolute atomic E-state index is 8.13. The summed E-state index contributed by atoms with van der Waals surface area (Å²) < 4.78 is 4.92. The molecule has 0 aromatic heterocycles. The Hall–Kier alpha value is -1.51. The summed E-state index contributed by atoms with van der Waals surface area (Å²) in [5, 5.41) is 3.45. The molecular formula is C8H9N3O. The van der Waals surface area contributed by atoms with Crippen molar-refractivity contribution in [1.29, 1.82) is 0 Å². The first-order valence-electron chi connectivity index (χ1n) is 3.50. The average Bonchev–Trinajstić information content (AvgIpc) is 2.09. The molecule has 1 rings (SSSR count). The van der Waals surface area contributed by atoms with Gasteiger partial charge in [0.1, 0.15) is 0 Å². The fourth-order valence-corrected chi connectivity index (χ4v) is 0.877. The van der Waals surface area contributed by atoms with Crippen molar-refractivity contribution < 1.29 is 4.74 Å². The van der Waals surface area contributed by atoms with Crippen LogP contribution in [-0.4, -0.2) is 7.11 Å². The van der Waals surface area contributed by atoms with Crippen LogP contribution in [0.25, 0.3) is 10.4 Å². The van der Waals surface area contributed by atoms with Crippen LogP contribution in [0.4, 0.5) is 5.69 Å². The predicted octanol–water partition coefficient (Wildman–Crippen LogP) is 2.77. The third-order valence-corrected chi connectivity index (χ3v) is 1.41. The highest BCUT2D eigenvalue weighted by Crippen LogP contribution is 2.13. The highest BCUT2D eigenvalue weighted by molar-refractivity contribution is 5.38. The number of nitrogens with zero attached hydrogens (tertiary/aromatic N) is 3. The molecule has 1 aromatic carbocycles. The minimum atomic E-state index is 0.580. The van der Waals surface area contributed by atoms with E-state index in [1.165, 1.54) is 0 Å². The molecule has 0 spiro atoms. The quantitative estimate of drug-likeness (QED) is 0.384. The van der Waals surface area contributed by atoms with Crippen LogP contribution in [-0.2, 0) is 11.3 Å². The van der Waals surface area contributed by atoms with Crippen molar-refractivity contribution in [3.8, 4) is 0 Å². The Morgan fingerprint density at radius 2 is 2.08 bits per heavy atom. The van der Waals surface area contributed by atoms with Crippen molar-refractivity contribution in [2.45, 2.75) is 6.61 Å². The first kappa shape index (κ1) is 8.59. The van der Waals surface area contributed by atoms with Gasteiger partial charge >= 0.3 is 0 Å². The molecular weight excluding hydrogens is 154 g/mol. The van der Waals surface area contributed by atoms with E-state index in [9.17, 15) is 0 Å². The summed E-state index contributed by atoms with van der Waals surface area (Å²) in [6.07, 6.45) is 0. The second-order valence-corrected chi connectivity index (χ2v) is 2.29. The van der Waals surface area contributed by atoms with Gasteiger partial charge in [0.25, 0.3) is 0 Å². The molecule has 0 heterocycles. The number of ether oxygens (including phenoxy) is 1. The zero-order chi connectivity index (χ0) is 8.81. The summed E-state index contributed by atoms with van der Waals surface area (Å²) in [7, 11) is 1.64. The standard InChI is InChI=1S/C8H9N3O/c1-12-6-7-2-4-8(5-3-7)10-11-9/h2-5H,6H2,1H3. The van der Waals surface area contributed by atoms with Crippen molar-refractivity contribution in [1.82, 2.24) is 0 Å². The summed E-state index contributed by atoms with van der Waals surface area (Å²) >= 11 is 0. The molecule has 0 N–H and O–H groups in total. The lowest BCUT2D eigenvalue weighted by molar-refractivity contribution is 0.185. The summed E-state index contributed by atoms with van der Waals surface area (Å²) in [5.74, 6) is 0. The molecule has 0 saturated carbocycles.